The quantitative estimate of drug-likeness (QED) is 0.802. The molecule has 3 aliphatic rings. The lowest BCUT2D eigenvalue weighted by atomic mass is 9.84. The van der Waals surface area contributed by atoms with Crippen LogP contribution in [-0.4, -0.2) is 72.6 Å². The Morgan fingerprint density at radius 1 is 1.04 bits per heavy atom. The summed E-state index contributed by atoms with van der Waals surface area (Å²) in [6, 6.07) is 8.00. The van der Waals surface area contributed by atoms with Crippen LogP contribution in [0.25, 0.3) is 0 Å². The molecule has 0 N–H and O–H groups in total. The Morgan fingerprint density at radius 2 is 1.71 bits per heavy atom. The minimum Gasteiger partial charge on any atom is -0.378 e. The van der Waals surface area contributed by atoms with Crippen molar-refractivity contribution in [1.82, 2.24) is 9.80 Å². The average molecular weight is 386 g/mol. The van der Waals surface area contributed by atoms with Crippen LogP contribution in [0.5, 0.6) is 0 Å². The fraction of sp³-hybridized carbons (Fsp3) is 0.636. The summed E-state index contributed by atoms with van der Waals surface area (Å²) < 4.78 is 5.47. The number of amides is 2. The van der Waals surface area contributed by atoms with Crippen LogP contribution in [-0.2, 0) is 9.53 Å². The van der Waals surface area contributed by atoms with Crippen molar-refractivity contribution in [2.75, 3.05) is 44.3 Å². The zero-order chi connectivity index (χ0) is 19.7. The number of benzene rings is 1. The van der Waals surface area contributed by atoms with Gasteiger partial charge in [-0.3, -0.25) is 9.59 Å². The molecule has 1 spiro atoms. The van der Waals surface area contributed by atoms with Crippen LogP contribution in [0.15, 0.2) is 24.3 Å². The third-order valence-corrected chi connectivity index (χ3v) is 6.49. The first kappa shape index (κ1) is 19.2. The Bertz CT molecular complexity index is 744. The van der Waals surface area contributed by atoms with Gasteiger partial charge in [0, 0.05) is 37.9 Å². The third kappa shape index (κ3) is 3.17. The molecular weight excluding hydrogens is 354 g/mol. The molecule has 0 aromatic heterocycles. The molecule has 4 rings (SSSR count). The number of morpholine rings is 1. The predicted octanol–water partition coefficient (Wildman–Crippen LogP) is 2.53. The molecule has 1 aromatic carbocycles. The Balaban J connectivity index is 1.65. The van der Waals surface area contributed by atoms with Gasteiger partial charge in [0.1, 0.15) is 5.54 Å². The van der Waals surface area contributed by atoms with Crippen molar-refractivity contribution in [1.29, 1.82) is 0 Å². The van der Waals surface area contributed by atoms with Gasteiger partial charge in [-0.1, -0.05) is 12.1 Å². The second-order valence-corrected chi connectivity index (χ2v) is 8.40. The molecule has 0 aliphatic carbocycles. The zero-order valence-electron chi connectivity index (χ0n) is 17.0. The lowest BCUT2D eigenvalue weighted by Gasteiger charge is -2.46. The van der Waals surface area contributed by atoms with Crippen molar-refractivity contribution < 1.29 is 14.3 Å². The highest BCUT2D eigenvalue weighted by Gasteiger charge is 2.53. The van der Waals surface area contributed by atoms with Gasteiger partial charge in [0.15, 0.2) is 0 Å². The summed E-state index contributed by atoms with van der Waals surface area (Å²) in [7, 11) is 0. The minimum atomic E-state index is -0.655. The second kappa shape index (κ2) is 7.74. The second-order valence-electron chi connectivity index (χ2n) is 8.40. The normalized spacial score (nSPS) is 25.8. The molecular formula is C22H31N3O3. The van der Waals surface area contributed by atoms with Crippen LogP contribution in [0.4, 0.5) is 5.69 Å². The van der Waals surface area contributed by atoms with Crippen LogP contribution >= 0.6 is 0 Å². The summed E-state index contributed by atoms with van der Waals surface area (Å²) in [4.78, 5) is 33.2. The highest BCUT2D eigenvalue weighted by atomic mass is 16.5. The summed E-state index contributed by atoms with van der Waals surface area (Å²) in [6.07, 6.45) is 3.41. The number of ether oxygens (including phenoxy) is 1. The SMILES string of the molecule is CC(C)N1CCCC2(CCCN2C(=O)c2ccccc2N2CCOCC2)C1=O. The van der Waals surface area contributed by atoms with Crippen molar-refractivity contribution in [3.63, 3.8) is 0 Å². The minimum absolute atomic E-state index is 0.00134. The van der Waals surface area contributed by atoms with E-state index in [9.17, 15) is 9.59 Å². The molecule has 3 fully saturated rings. The summed E-state index contributed by atoms with van der Waals surface area (Å²) in [6.45, 7) is 8.51. The van der Waals surface area contributed by atoms with Crippen molar-refractivity contribution in [3.05, 3.63) is 29.8 Å². The van der Waals surface area contributed by atoms with Crippen LogP contribution in [0.3, 0.4) is 0 Å². The van der Waals surface area contributed by atoms with Crippen molar-refractivity contribution in [2.45, 2.75) is 51.1 Å². The number of nitrogens with zero attached hydrogens (tertiary/aromatic N) is 3. The molecule has 0 bridgehead atoms. The van der Waals surface area contributed by atoms with Crippen molar-refractivity contribution in [3.8, 4) is 0 Å². The average Bonchev–Trinajstić information content (AvgIpc) is 3.14. The topological polar surface area (TPSA) is 53.1 Å². The van der Waals surface area contributed by atoms with E-state index in [1.165, 1.54) is 0 Å². The number of likely N-dealkylation sites (tertiary alicyclic amines) is 2. The first-order valence-corrected chi connectivity index (χ1v) is 10.6. The number of para-hydroxylation sites is 1. The van der Waals surface area contributed by atoms with Gasteiger partial charge in [-0.15, -0.1) is 0 Å². The van der Waals surface area contributed by atoms with E-state index in [-0.39, 0.29) is 17.9 Å². The van der Waals surface area contributed by atoms with Crippen molar-refractivity contribution in [2.24, 2.45) is 0 Å². The van der Waals surface area contributed by atoms with E-state index in [1.54, 1.807) is 0 Å². The largest absolute Gasteiger partial charge is 0.378 e. The Hall–Kier alpha value is -2.08. The molecule has 6 nitrogen and oxygen atoms in total. The Morgan fingerprint density at radius 3 is 2.43 bits per heavy atom. The van der Waals surface area contributed by atoms with Gasteiger partial charge in [-0.05, 0) is 51.7 Å². The van der Waals surface area contributed by atoms with E-state index >= 15 is 0 Å². The smallest absolute Gasteiger partial charge is 0.256 e. The fourth-order valence-corrected chi connectivity index (χ4v) is 5.05. The molecule has 1 unspecified atom stereocenters. The lowest BCUT2D eigenvalue weighted by molar-refractivity contribution is -0.147. The molecule has 152 valence electrons. The van der Waals surface area contributed by atoms with Gasteiger partial charge in [0.2, 0.25) is 5.91 Å². The first-order valence-electron chi connectivity index (χ1n) is 10.6. The fourth-order valence-electron chi connectivity index (χ4n) is 5.05. The van der Waals surface area contributed by atoms with E-state index in [0.29, 0.717) is 25.3 Å². The molecule has 2 amide bonds. The molecule has 0 radical (unpaired) electrons. The maximum absolute atomic E-state index is 13.7. The van der Waals surface area contributed by atoms with Crippen LogP contribution in [0.1, 0.15) is 49.9 Å². The molecule has 6 heteroatoms. The summed E-state index contributed by atoms with van der Waals surface area (Å²) in [5.41, 5.74) is 1.01. The van der Waals surface area contributed by atoms with Gasteiger partial charge >= 0.3 is 0 Å². The maximum Gasteiger partial charge on any atom is 0.256 e. The molecule has 0 saturated carbocycles. The Kier molecular flexibility index (Phi) is 5.32. The van der Waals surface area contributed by atoms with E-state index < -0.39 is 5.54 Å². The number of anilines is 1. The van der Waals surface area contributed by atoms with E-state index in [4.69, 9.17) is 4.74 Å². The predicted molar refractivity (Wildman–Crippen MR) is 109 cm³/mol. The number of carbonyl (C=O) groups excluding carboxylic acids is 2. The lowest BCUT2D eigenvalue weighted by Crippen LogP contribution is -2.62. The maximum atomic E-state index is 13.7. The summed E-state index contributed by atoms with van der Waals surface area (Å²) in [5, 5.41) is 0. The van der Waals surface area contributed by atoms with E-state index in [0.717, 1.165) is 51.0 Å². The molecule has 1 aromatic rings. The molecule has 3 saturated heterocycles. The zero-order valence-corrected chi connectivity index (χ0v) is 17.0. The number of hydrogen-bond acceptors (Lipinski definition) is 4. The standard InChI is InChI=1S/C22H31N3O3/c1-17(2)24-11-5-9-22(21(24)27)10-6-12-25(22)20(26)18-7-3-4-8-19(18)23-13-15-28-16-14-23/h3-4,7-8,17H,5-6,9-16H2,1-2H3. The van der Waals surface area contributed by atoms with E-state index in [1.807, 2.05) is 34.1 Å². The van der Waals surface area contributed by atoms with Gasteiger partial charge in [0.05, 0.1) is 18.8 Å². The number of hydrogen-bond donors (Lipinski definition) is 0. The van der Waals surface area contributed by atoms with Crippen LogP contribution in [0.2, 0.25) is 0 Å². The first-order chi connectivity index (χ1) is 13.5. The van der Waals surface area contributed by atoms with Crippen molar-refractivity contribution >= 4 is 17.5 Å². The third-order valence-electron chi connectivity index (χ3n) is 6.49. The summed E-state index contributed by atoms with van der Waals surface area (Å²) in [5.74, 6) is 0.141. The van der Waals surface area contributed by atoms with Gasteiger partial charge in [-0.2, -0.15) is 0 Å². The molecule has 3 aliphatic heterocycles. The highest BCUT2D eigenvalue weighted by Crippen LogP contribution is 2.40. The Labute approximate surface area is 167 Å². The van der Waals surface area contributed by atoms with Gasteiger partial charge in [-0.25, -0.2) is 0 Å². The van der Waals surface area contributed by atoms with Gasteiger partial charge in [0.25, 0.3) is 5.91 Å². The highest BCUT2D eigenvalue weighted by molar-refractivity contribution is 6.03. The van der Waals surface area contributed by atoms with Crippen LogP contribution in [0, 0.1) is 0 Å². The van der Waals surface area contributed by atoms with Gasteiger partial charge < -0.3 is 19.4 Å². The number of piperidine rings is 1. The number of carbonyl (C=O) groups is 2. The number of rotatable bonds is 3. The monoisotopic (exact) mass is 385 g/mol. The molecule has 28 heavy (non-hydrogen) atoms. The van der Waals surface area contributed by atoms with Crippen LogP contribution < -0.4 is 4.90 Å². The van der Waals surface area contributed by atoms with E-state index in [2.05, 4.69) is 18.7 Å². The summed E-state index contributed by atoms with van der Waals surface area (Å²) >= 11 is 0. The molecule has 1 atom stereocenters. The molecule has 3 heterocycles.